The first-order valence-corrected chi connectivity index (χ1v) is 12.4. The van der Waals surface area contributed by atoms with Gasteiger partial charge in [-0.25, -0.2) is 0 Å². The Labute approximate surface area is 205 Å². The SMILES string of the molecule is CNC(=O)C(Cc1ccccc1)N(Cc1cccc(C)c1)C(=O)CSCc1ccc(Cl)cc1. The van der Waals surface area contributed by atoms with Crippen molar-refractivity contribution in [1.82, 2.24) is 10.2 Å². The molecule has 3 rings (SSSR count). The van der Waals surface area contributed by atoms with Gasteiger partial charge in [0.05, 0.1) is 5.75 Å². The van der Waals surface area contributed by atoms with E-state index in [0.29, 0.717) is 23.7 Å². The summed E-state index contributed by atoms with van der Waals surface area (Å²) in [6, 6.07) is 24.9. The highest BCUT2D eigenvalue weighted by Gasteiger charge is 2.29. The second-order valence-electron chi connectivity index (χ2n) is 7.95. The van der Waals surface area contributed by atoms with E-state index in [0.717, 1.165) is 22.3 Å². The van der Waals surface area contributed by atoms with E-state index in [4.69, 9.17) is 11.6 Å². The van der Waals surface area contributed by atoms with Crippen molar-refractivity contribution in [1.29, 1.82) is 0 Å². The number of hydrogen-bond acceptors (Lipinski definition) is 3. The van der Waals surface area contributed by atoms with Crippen LogP contribution in [0.1, 0.15) is 22.3 Å². The van der Waals surface area contributed by atoms with Crippen LogP contribution in [0.25, 0.3) is 0 Å². The molecule has 0 saturated heterocycles. The van der Waals surface area contributed by atoms with E-state index in [-0.39, 0.29) is 17.6 Å². The van der Waals surface area contributed by atoms with Gasteiger partial charge >= 0.3 is 0 Å². The minimum Gasteiger partial charge on any atom is -0.357 e. The van der Waals surface area contributed by atoms with Gasteiger partial charge in [-0.2, -0.15) is 0 Å². The zero-order chi connectivity index (χ0) is 23.6. The van der Waals surface area contributed by atoms with Crippen molar-refractivity contribution in [2.75, 3.05) is 12.8 Å². The summed E-state index contributed by atoms with van der Waals surface area (Å²) in [5.41, 5.74) is 4.25. The third kappa shape index (κ3) is 7.65. The molecule has 0 saturated carbocycles. The molecule has 172 valence electrons. The number of nitrogens with one attached hydrogen (secondary N) is 1. The Hall–Kier alpha value is -2.76. The molecule has 1 atom stereocenters. The second-order valence-corrected chi connectivity index (χ2v) is 9.37. The summed E-state index contributed by atoms with van der Waals surface area (Å²) in [6.07, 6.45) is 0.458. The van der Waals surface area contributed by atoms with Crippen molar-refractivity contribution in [3.8, 4) is 0 Å². The van der Waals surface area contributed by atoms with Crippen molar-refractivity contribution >= 4 is 35.2 Å². The van der Waals surface area contributed by atoms with Gasteiger partial charge in [0.2, 0.25) is 11.8 Å². The minimum absolute atomic E-state index is 0.0556. The number of halogens is 1. The summed E-state index contributed by atoms with van der Waals surface area (Å²) in [6.45, 7) is 2.41. The third-order valence-electron chi connectivity index (χ3n) is 5.36. The zero-order valence-electron chi connectivity index (χ0n) is 19.0. The fraction of sp³-hybridized carbons (Fsp3) is 0.259. The number of rotatable bonds is 10. The van der Waals surface area contributed by atoms with Crippen LogP contribution in [0.4, 0.5) is 0 Å². The fourth-order valence-electron chi connectivity index (χ4n) is 3.65. The Bertz CT molecular complexity index is 1060. The van der Waals surface area contributed by atoms with Crippen molar-refractivity contribution < 1.29 is 9.59 Å². The molecule has 0 spiro atoms. The molecule has 4 nitrogen and oxygen atoms in total. The molecule has 6 heteroatoms. The molecule has 1 N–H and O–H groups in total. The summed E-state index contributed by atoms with van der Waals surface area (Å²) in [5.74, 6) is 0.767. The molecule has 33 heavy (non-hydrogen) atoms. The summed E-state index contributed by atoms with van der Waals surface area (Å²) in [7, 11) is 1.62. The Kier molecular flexibility index (Phi) is 9.40. The molecule has 0 aliphatic carbocycles. The lowest BCUT2D eigenvalue weighted by Crippen LogP contribution is -2.50. The lowest BCUT2D eigenvalue weighted by molar-refractivity contribution is -0.139. The number of thioether (sulfide) groups is 1. The molecule has 0 radical (unpaired) electrons. The van der Waals surface area contributed by atoms with E-state index in [1.165, 1.54) is 11.8 Å². The quantitative estimate of drug-likeness (QED) is 0.430. The maximum atomic E-state index is 13.4. The average Bonchev–Trinajstić information content (AvgIpc) is 2.82. The van der Waals surface area contributed by atoms with Crippen LogP contribution in [-0.4, -0.2) is 35.6 Å². The normalized spacial score (nSPS) is 11.6. The number of benzene rings is 3. The number of carbonyl (C=O) groups is 2. The highest BCUT2D eigenvalue weighted by molar-refractivity contribution is 7.99. The number of nitrogens with zero attached hydrogens (tertiary/aromatic N) is 1. The first kappa shape index (κ1) is 24.9. The molecular formula is C27H29ClN2O2S. The number of amides is 2. The topological polar surface area (TPSA) is 49.4 Å². The summed E-state index contributed by atoms with van der Waals surface area (Å²) in [4.78, 5) is 28.1. The first-order chi connectivity index (χ1) is 16.0. The summed E-state index contributed by atoms with van der Waals surface area (Å²) in [5, 5.41) is 3.45. The maximum Gasteiger partial charge on any atom is 0.242 e. The minimum atomic E-state index is -0.596. The van der Waals surface area contributed by atoms with Crippen LogP contribution >= 0.6 is 23.4 Å². The molecule has 2 amide bonds. The van der Waals surface area contributed by atoms with Crippen LogP contribution in [0, 0.1) is 6.92 Å². The molecule has 3 aromatic rings. The summed E-state index contributed by atoms with van der Waals surface area (Å²) >= 11 is 7.50. The van der Waals surface area contributed by atoms with Gasteiger partial charge < -0.3 is 10.2 Å². The van der Waals surface area contributed by atoms with E-state index >= 15 is 0 Å². The van der Waals surface area contributed by atoms with Crippen LogP contribution in [0.3, 0.4) is 0 Å². The monoisotopic (exact) mass is 480 g/mol. The predicted octanol–water partition coefficient (Wildman–Crippen LogP) is 5.27. The molecule has 1 unspecified atom stereocenters. The third-order valence-corrected chi connectivity index (χ3v) is 6.60. The number of carbonyl (C=O) groups excluding carboxylic acids is 2. The fourth-order valence-corrected chi connectivity index (χ4v) is 4.64. The molecule has 0 aromatic heterocycles. The largest absolute Gasteiger partial charge is 0.357 e. The van der Waals surface area contributed by atoms with E-state index in [2.05, 4.69) is 11.4 Å². The van der Waals surface area contributed by atoms with Gasteiger partial charge in [0.1, 0.15) is 6.04 Å². The van der Waals surface area contributed by atoms with Crippen LogP contribution in [-0.2, 0) is 28.3 Å². The Morgan fingerprint density at radius 2 is 1.64 bits per heavy atom. The predicted molar refractivity (Wildman–Crippen MR) is 137 cm³/mol. The van der Waals surface area contributed by atoms with Gasteiger partial charge in [-0.3, -0.25) is 9.59 Å². The molecule has 0 aliphatic heterocycles. The molecule has 0 heterocycles. The Morgan fingerprint density at radius 1 is 0.939 bits per heavy atom. The van der Waals surface area contributed by atoms with Crippen LogP contribution < -0.4 is 5.32 Å². The van der Waals surface area contributed by atoms with Crippen molar-refractivity contribution in [2.45, 2.75) is 31.7 Å². The highest BCUT2D eigenvalue weighted by Crippen LogP contribution is 2.20. The Morgan fingerprint density at radius 3 is 2.30 bits per heavy atom. The maximum absolute atomic E-state index is 13.4. The molecule has 0 aliphatic rings. The Balaban J connectivity index is 1.80. The molecular weight excluding hydrogens is 452 g/mol. The van der Waals surface area contributed by atoms with Gasteiger partial charge in [0.15, 0.2) is 0 Å². The summed E-state index contributed by atoms with van der Waals surface area (Å²) < 4.78 is 0. The molecule has 3 aromatic carbocycles. The van der Waals surface area contributed by atoms with E-state index in [1.54, 1.807) is 11.9 Å². The van der Waals surface area contributed by atoms with Crippen LogP contribution in [0.15, 0.2) is 78.9 Å². The van der Waals surface area contributed by atoms with Crippen LogP contribution in [0.5, 0.6) is 0 Å². The van der Waals surface area contributed by atoms with Crippen LogP contribution in [0.2, 0.25) is 5.02 Å². The van der Waals surface area contributed by atoms with Crippen molar-refractivity contribution in [3.05, 3.63) is 106 Å². The van der Waals surface area contributed by atoms with Crippen molar-refractivity contribution in [2.24, 2.45) is 0 Å². The van der Waals surface area contributed by atoms with Gasteiger partial charge in [-0.05, 0) is 35.7 Å². The second kappa shape index (κ2) is 12.5. The van der Waals surface area contributed by atoms with Gasteiger partial charge in [-0.15, -0.1) is 11.8 Å². The van der Waals surface area contributed by atoms with Gasteiger partial charge in [0.25, 0.3) is 0 Å². The van der Waals surface area contributed by atoms with E-state index in [1.807, 2.05) is 79.7 Å². The molecule has 0 bridgehead atoms. The standard InChI is InChI=1S/C27H29ClN2O2S/c1-20-7-6-10-23(15-20)17-30(25(27(32)29-2)16-21-8-4-3-5-9-21)26(31)19-33-18-22-11-13-24(28)14-12-22/h3-15,25H,16-19H2,1-2H3,(H,29,32). The highest BCUT2D eigenvalue weighted by atomic mass is 35.5. The average molecular weight is 481 g/mol. The number of aryl methyl sites for hydroxylation is 1. The lowest BCUT2D eigenvalue weighted by Gasteiger charge is -2.31. The zero-order valence-corrected chi connectivity index (χ0v) is 20.5. The van der Waals surface area contributed by atoms with Gasteiger partial charge in [-0.1, -0.05) is 83.9 Å². The first-order valence-electron chi connectivity index (χ1n) is 10.9. The number of hydrogen-bond donors (Lipinski definition) is 1. The molecule has 0 fully saturated rings. The van der Waals surface area contributed by atoms with Gasteiger partial charge in [0, 0.05) is 30.8 Å². The smallest absolute Gasteiger partial charge is 0.242 e. The lowest BCUT2D eigenvalue weighted by atomic mass is 10.0. The van der Waals surface area contributed by atoms with E-state index in [9.17, 15) is 9.59 Å². The van der Waals surface area contributed by atoms with Crippen molar-refractivity contribution in [3.63, 3.8) is 0 Å². The number of likely N-dealkylation sites (N-methyl/N-ethyl adjacent to an activating group) is 1. The van der Waals surface area contributed by atoms with E-state index < -0.39 is 6.04 Å².